The van der Waals surface area contributed by atoms with E-state index in [-0.39, 0.29) is 5.82 Å². The Morgan fingerprint density at radius 2 is 1.95 bits per heavy atom. The summed E-state index contributed by atoms with van der Waals surface area (Å²) < 4.78 is 13.4. The third-order valence-electron chi connectivity index (χ3n) is 3.55. The van der Waals surface area contributed by atoms with Crippen molar-refractivity contribution in [2.45, 2.75) is 6.92 Å². The van der Waals surface area contributed by atoms with Gasteiger partial charge in [-0.3, -0.25) is 0 Å². The van der Waals surface area contributed by atoms with Gasteiger partial charge in [-0.2, -0.15) is 0 Å². The minimum absolute atomic E-state index is 0.180. The van der Waals surface area contributed by atoms with Gasteiger partial charge >= 0.3 is 0 Å². The second kappa shape index (κ2) is 4.89. The Bertz CT molecular complexity index is 806. The lowest BCUT2D eigenvalue weighted by Crippen LogP contribution is -2.06. The second-order valence-corrected chi connectivity index (χ2v) is 4.83. The third-order valence-corrected chi connectivity index (χ3v) is 3.55. The molecule has 1 aromatic heterocycles. The standard InChI is InChI=1S/C18H14FN/c1-3-13-5-4-6-16-15(13)9-10-20-18(16)14-7-8-17(19)12(2)11-14/h3-11H,1H2,2H3/p+1. The highest BCUT2D eigenvalue weighted by molar-refractivity contribution is 5.97. The molecule has 2 heteroatoms. The first-order valence-electron chi connectivity index (χ1n) is 6.53. The van der Waals surface area contributed by atoms with Crippen LogP contribution in [0.1, 0.15) is 11.1 Å². The summed E-state index contributed by atoms with van der Waals surface area (Å²) in [6, 6.07) is 13.3. The van der Waals surface area contributed by atoms with Crippen molar-refractivity contribution in [1.29, 1.82) is 0 Å². The van der Waals surface area contributed by atoms with Gasteiger partial charge < -0.3 is 0 Å². The number of benzene rings is 2. The van der Waals surface area contributed by atoms with Crippen LogP contribution in [0.15, 0.2) is 55.2 Å². The van der Waals surface area contributed by atoms with Gasteiger partial charge in [0.25, 0.3) is 0 Å². The maximum atomic E-state index is 13.4. The molecule has 1 heterocycles. The normalized spacial score (nSPS) is 10.7. The van der Waals surface area contributed by atoms with Crippen LogP contribution in [0.2, 0.25) is 0 Å². The van der Waals surface area contributed by atoms with E-state index in [1.807, 2.05) is 36.5 Å². The number of H-pyrrole nitrogens is 1. The minimum Gasteiger partial charge on any atom is -0.211 e. The van der Waals surface area contributed by atoms with Crippen molar-refractivity contribution < 1.29 is 9.37 Å². The van der Waals surface area contributed by atoms with E-state index in [2.05, 4.69) is 17.6 Å². The SMILES string of the molecule is C=Cc1cccc2c(-c3ccc(F)c(C)c3)[nH+]ccc12. The van der Waals surface area contributed by atoms with Crippen LogP contribution in [0.25, 0.3) is 28.1 Å². The van der Waals surface area contributed by atoms with Crippen LogP contribution in [0.4, 0.5) is 4.39 Å². The third kappa shape index (κ3) is 1.99. The van der Waals surface area contributed by atoms with Gasteiger partial charge in [0.05, 0.1) is 5.39 Å². The molecule has 0 amide bonds. The van der Waals surface area contributed by atoms with Gasteiger partial charge in [0.15, 0.2) is 6.20 Å². The number of aromatic amines is 1. The van der Waals surface area contributed by atoms with Crippen molar-refractivity contribution in [3.05, 3.63) is 72.2 Å². The molecule has 0 unspecified atom stereocenters. The number of hydrogen-bond donors (Lipinski definition) is 0. The predicted octanol–water partition coefficient (Wildman–Crippen LogP) is 4.41. The molecule has 0 aliphatic rings. The smallest absolute Gasteiger partial charge is 0.211 e. The molecule has 0 radical (unpaired) electrons. The van der Waals surface area contributed by atoms with Gasteiger partial charge in [-0.1, -0.05) is 24.8 Å². The Morgan fingerprint density at radius 1 is 1.10 bits per heavy atom. The number of rotatable bonds is 2. The van der Waals surface area contributed by atoms with Gasteiger partial charge in [0.2, 0.25) is 5.69 Å². The predicted molar refractivity (Wildman–Crippen MR) is 80.7 cm³/mol. The maximum absolute atomic E-state index is 13.4. The van der Waals surface area contributed by atoms with Crippen LogP contribution in [0, 0.1) is 12.7 Å². The van der Waals surface area contributed by atoms with Crippen LogP contribution in [-0.2, 0) is 0 Å². The number of fused-ring (bicyclic) bond motifs is 1. The monoisotopic (exact) mass is 264 g/mol. The maximum Gasteiger partial charge on any atom is 0.218 e. The van der Waals surface area contributed by atoms with Crippen LogP contribution < -0.4 is 4.98 Å². The van der Waals surface area contributed by atoms with E-state index in [4.69, 9.17) is 0 Å². The Kier molecular flexibility index (Phi) is 3.07. The molecule has 0 aliphatic heterocycles. The van der Waals surface area contributed by atoms with E-state index in [0.29, 0.717) is 5.56 Å². The lowest BCUT2D eigenvalue weighted by Gasteiger charge is -2.05. The van der Waals surface area contributed by atoms with Gasteiger partial charge in [-0.15, -0.1) is 0 Å². The van der Waals surface area contributed by atoms with Gasteiger partial charge in [-0.25, -0.2) is 9.37 Å². The number of nitrogens with one attached hydrogen (secondary N) is 1. The van der Waals surface area contributed by atoms with E-state index < -0.39 is 0 Å². The quantitative estimate of drug-likeness (QED) is 0.651. The van der Waals surface area contributed by atoms with Crippen LogP contribution in [0.3, 0.4) is 0 Å². The Morgan fingerprint density at radius 3 is 2.70 bits per heavy atom. The minimum atomic E-state index is -0.180. The second-order valence-electron chi connectivity index (χ2n) is 4.83. The lowest BCUT2D eigenvalue weighted by molar-refractivity contribution is -0.362. The fourth-order valence-corrected chi connectivity index (χ4v) is 2.49. The summed E-state index contributed by atoms with van der Waals surface area (Å²) in [5.41, 5.74) is 3.72. The largest absolute Gasteiger partial charge is 0.218 e. The molecule has 0 saturated heterocycles. The number of halogens is 1. The summed E-state index contributed by atoms with van der Waals surface area (Å²) in [6.45, 7) is 5.63. The first-order valence-corrected chi connectivity index (χ1v) is 6.53. The Balaban J connectivity index is 2.31. The molecule has 2 aromatic carbocycles. The first-order chi connectivity index (χ1) is 9.70. The van der Waals surface area contributed by atoms with Crippen molar-refractivity contribution >= 4 is 16.8 Å². The highest BCUT2D eigenvalue weighted by Gasteiger charge is 2.13. The zero-order chi connectivity index (χ0) is 14.1. The van der Waals surface area contributed by atoms with E-state index in [9.17, 15) is 4.39 Å². The molecule has 0 fully saturated rings. The molecule has 3 rings (SSSR count). The Hall–Kier alpha value is -2.48. The van der Waals surface area contributed by atoms with E-state index in [1.54, 1.807) is 13.0 Å². The summed E-state index contributed by atoms with van der Waals surface area (Å²) in [4.78, 5) is 3.27. The van der Waals surface area contributed by atoms with Crippen molar-refractivity contribution in [2.75, 3.05) is 0 Å². The highest BCUT2D eigenvalue weighted by Crippen LogP contribution is 2.27. The average molecular weight is 264 g/mol. The molecule has 0 aliphatic carbocycles. The molecule has 1 nitrogen and oxygen atoms in total. The van der Waals surface area contributed by atoms with Gasteiger partial charge in [0, 0.05) is 17.0 Å². The zero-order valence-corrected chi connectivity index (χ0v) is 11.3. The van der Waals surface area contributed by atoms with E-state index in [1.165, 1.54) is 6.07 Å². The van der Waals surface area contributed by atoms with Crippen LogP contribution >= 0.6 is 0 Å². The molecule has 0 saturated carbocycles. The topological polar surface area (TPSA) is 14.1 Å². The molecule has 1 N–H and O–H groups in total. The van der Waals surface area contributed by atoms with Gasteiger partial charge in [0.1, 0.15) is 5.82 Å². The number of pyridine rings is 1. The molecule has 98 valence electrons. The number of aryl methyl sites for hydroxylation is 1. The highest BCUT2D eigenvalue weighted by atomic mass is 19.1. The zero-order valence-electron chi connectivity index (χ0n) is 11.3. The average Bonchev–Trinajstić information content (AvgIpc) is 2.49. The van der Waals surface area contributed by atoms with Crippen molar-refractivity contribution in [3.63, 3.8) is 0 Å². The van der Waals surface area contributed by atoms with Crippen LogP contribution in [-0.4, -0.2) is 0 Å². The van der Waals surface area contributed by atoms with E-state index >= 15 is 0 Å². The Labute approximate surface area is 117 Å². The molecule has 0 atom stereocenters. The summed E-state index contributed by atoms with van der Waals surface area (Å²) in [7, 11) is 0. The summed E-state index contributed by atoms with van der Waals surface area (Å²) in [6.07, 6.45) is 3.76. The van der Waals surface area contributed by atoms with Crippen molar-refractivity contribution in [2.24, 2.45) is 0 Å². The molecule has 3 aromatic rings. The number of aromatic nitrogens is 1. The summed E-state index contributed by atoms with van der Waals surface area (Å²) >= 11 is 0. The first kappa shape index (κ1) is 12.5. The fourth-order valence-electron chi connectivity index (χ4n) is 2.49. The molecular formula is C18H15FN+. The lowest BCUT2D eigenvalue weighted by atomic mass is 9.99. The number of hydrogen-bond acceptors (Lipinski definition) is 0. The molecule has 0 spiro atoms. The summed E-state index contributed by atoms with van der Waals surface area (Å²) in [5.74, 6) is -0.180. The van der Waals surface area contributed by atoms with E-state index in [0.717, 1.165) is 27.6 Å². The van der Waals surface area contributed by atoms with Gasteiger partial charge in [-0.05, 0) is 42.3 Å². The fraction of sp³-hybridized carbons (Fsp3) is 0.0556. The van der Waals surface area contributed by atoms with Crippen molar-refractivity contribution in [1.82, 2.24) is 0 Å². The molecule has 0 bridgehead atoms. The van der Waals surface area contributed by atoms with Crippen LogP contribution in [0.5, 0.6) is 0 Å². The molecule has 20 heavy (non-hydrogen) atoms. The summed E-state index contributed by atoms with van der Waals surface area (Å²) in [5, 5.41) is 2.24. The molecular weight excluding hydrogens is 249 g/mol. The van der Waals surface area contributed by atoms with Crippen molar-refractivity contribution in [3.8, 4) is 11.3 Å².